The summed E-state index contributed by atoms with van der Waals surface area (Å²) in [6, 6.07) is 21.0. The number of anilines is 2. The van der Waals surface area contributed by atoms with Gasteiger partial charge >= 0.3 is 0 Å². The Balaban J connectivity index is 1.58. The minimum absolute atomic E-state index is 0.0322. The average molecular weight is 468 g/mol. The van der Waals surface area contributed by atoms with Crippen molar-refractivity contribution in [2.24, 2.45) is 0 Å². The minimum atomic E-state index is -0.630. The molecule has 1 unspecified atom stereocenters. The fraction of sp³-hybridized carbons (Fsp3) is 0.0800. The smallest absolute Gasteiger partial charge is 0.269 e. The van der Waals surface area contributed by atoms with E-state index in [1.807, 2.05) is 18.2 Å². The first-order valence-corrected chi connectivity index (χ1v) is 10.7. The van der Waals surface area contributed by atoms with Crippen LogP contribution in [0.15, 0.2) is 90.1 Å². The largest absolute Gasteiger partial charge is 0.508 e. The first-order valence-electron chi connectivity index (χ1n) is 10.7. The molecular weight excluding hydrogens is 448 g/mol. The molecule has 0 spiro atoms. The second kappa shape index (κ2) is 8.75. The topological polar surface area (TPSA) is 135 Å². The monoisotopic (exact) mass is 468 g/mol. The maximum atomic E-state index is 13.4. The van der Waals surface area contributed by atoms with Crippen LogP contribution in [-0.4, -0.2) is 30.7 Å². The van der Waals surface area contributed by atoms with Gasteiger partial charge in [0.05, 0.1) is 10.5 Å². The number of aromatic hydroxyl groups is 1. The van der Waals surface area contributed by atoms with E-state index >= 15 is 0 Å². The number of benzene rings is 3. The Morgan fingerprint density at radius 3 is 2.40 bits per heavy atom. The summed E-state index contributed by atoms with van der Waals surface area (Å²) in [5, 5.41) is 31.5. The molecule has 0 bridgehead atoms. The van der Waals surface area contributed by atoms with E-state index in [2.05, 4.69) is 20.7 Å². The van der Waals surface area contributed by atoms with Gasteiger partial charge in [-0.25, -0.2) is 4.68 Å². The van der Waals surface area contributed by atoms with Crippen molar-refractivity contribution in [3.63, 3.8) is 0 Å². The number of rotatable bonds is 5. The van der Waals surface area contributed by atoms with Gasteiger partial charge in [0.2, 0.25) is 5.95 Å². The Morgan fingerprint density at radius 1 is 1.06 bits per heavy atom. The lowest BCUT2D eigenvalue weighted by atomic mass is 9.95. The maximum Gasteiger partial charge on any atom is 0.269 e. The van der Waals surface area contributed by atoms with E-state index in [0.29, 0.717) is 34.3 Å². The molecule has 0 saturated heterocycles. The molecular formula is C25H20N6O4. The lowest BCUT2D eigenvalue weighted by molar-refractivity contribution is -0.384. The van der Waals surface area contributed by atoms with Crippen LogP contribution in [-0.2, 0) is 4.79 Å². The van der Waals surface area contributed by atoms with Crippen molar-refractivity contribution in [1.82, 2.24) is 14.8 Å². The number of phenolic OH excluding ortho intramolecular Hbond substituents is 1. The molecule has 1 aliphatic rings. The van der Waals surface area contributed by atoms with E-state index < -0.39 is 11.0 Å². The highest BCUT2D eigenvalue weighted by molar-refractivity contribution is 6.06. The number of nitro benzene ring substituents is 1. The summed E-state index contributed by atoms with van der Waals surface area (Å²) in [7, 11) is 0. The molecule has 0 radical (unpaired) electrons. The second-order valence-electron chi connectivity index (χ2n) is 7.99. The quantitative estimate of drug-likeness (QED) is 0.290. The Kier molecular flexibility index (Phi) is 5.46. The van der Waals surface area contributed by atoms with Gasteiger partial charge in [-0.2, -0.15) is 4.98 Å². The molecule has 4 aromatic rings. The Labute approximate surface area is 199 Å². The number of carbonyl (C=O) groups is 1. The predicted molar refractivity (Wildman–Crippen MR) is 130 cm³/mol. The van der Waals surface area contributed by atoms with Crippen molar-refractivity contribution in [2.75, 3.05) is 10.6 Å². The molecule has 35 heavy (non-hydrogen) atoms. The number of nitro groups is 1. The van der Waals surface area contributed by atoms with Crippen molar-refractivity contribution in [3.8, 4) is 17.1 Å². The van der Waals surface area contributed by atoms with Gasteiger partial charge in [0.15, 0.2) is 5.82 Å². The first kappa shape index (κ1) is 21.8. The number of carbonyl (C=O) groups excluding carboxylic acids is 1. The highest BCUT2D eigenvalue weighted by Crippen LogP contribution is 2.37. The number of hydrogen-bond acceptors (Lipinski definition) is 7. The van der Waals surface area contributed by atoms with Crippen molar-refractivity contribution in [2.45, 2.75) is 13.0 Å². The van der Waals surface area contributed by atoms with E-state index in [1.54, 1.807) is 60.1 Å². The van der Waals surface area contributed by atoms with Crippen LogP contribution < -0.4 is 10.6 Å². The van der Waals surface area contributed by atoms with Crippen LogP contribution in [0.3, 0.4) is 0 Å². The summed E-state index contributed by atoms with van der Waals surface area (Å²) in [6.07, 6.45) is 0. The molecule has 2 heterocycles. The van der Waals surface area contributed by atoms with Gasteiger partial charge in [0.25, 0.3) is 11.6 Å². The summed E-state index contributed by atoms with van der Waals surface area (Å²) in [5.41, 5.74) is 2.98. The van der Waals surface area contributed by atoms with Crippen molar-refractivity contribution in [1.29, 1.82) is 0 Å². The fourth-order valence-electron chi connectivity index (χ4n) is 3.98. The van der Waals surface area contributed by atoms with Crippen LogP contribution in [0.1, 0.15) is 18.5 Å². The molecule has 10 nitrogen and oxygen atoms in total. The molecule has 1 aromatic heterocycles. The van der Waals surface area contributed by atoms with Gasteiger partial charge in [0.1, 0.15) is 11.8 Å². The van der Waals surface area contributed by atoms with Crippen LogP contribution in [0.2, 0.25) is 0 Å². The molecule has 10 heteroatoms. The molecule has 1 amide bonds. The van der Waals surface area contributed by atoms with Crippen molar-refractivity contribution in [3.05, 3.63) is 106 Å². The number of amides is 1. The van der Waals surface area contributed by atoms with E-state index in [0.717, 1.165) is 5.56 Å². The summed E-state index contributed by atoms with van der Waals surface area (Å²) < 4.78 is 1.61. The third-order valence-electron chi connectivity index (χ3n) is 5.67. The summed E-state index contributed by atoms with van der Waals surface area (Å²) in [4.78, 5) is 28.5. The average Bonchev–Trinajstić information content (AvgIpc) is 3.28. The van der Waals surface area contributed by atoms with Crippen molar-refractivity contribution < 1.29 is 14.8 Å². The zero-order chi connectivity index (χ0) is 24.5. The van der Waals surface area contributed by atoms with E-state index in [-0.39, 0.29) is 17.3 Å². The van der Waals surface area contributed by atoms with Gasteiger partial charge in [-0.1, -0.05) is 30.3 Å². The third-order valence-corrected chi connectivity index (χ3v) is 5.67. The Morgan fingerprint density at radius 2 is 1.74 bits per heavy atom. The SMILES string of the molecule is CC1=C(C(=O)Nc2ccccc2)C(c2ccc(O)cc2)n2nc(-c3ccc([N+](=O)[O-])cc3)nc2N1. The first-order chi connectivity index (χ1) is 16.9. The standard InChI is InChI=1S/C25H20N6O4/c1-15-21(24(33)27-18-5-3-2-4-6-18)22(16-9-13-20(32)14-10-16)30-25(26-15)28-23(29-30)17-7-11-19(12-8-17)31(34)35/h2-14,22,32H,1H3,(H,27,33)(H,26,28,29). The number of nitrogens with one attached hydrogen (secondary N) is 2. The van der Waals surface area contributed by atoms with Gasteiger partial charge in [0, 0.05) is 29.1 Å². The molecule has 0 fully saturated rings. The predicted octanol–water partition coefficient (Wildman–Crippen LogP) is 4.49. The van der Waals surface area contributed by atoms with Crippen LogP contribution in [0.25, 0.3) is 11.4 Å². The number of hydrogen-bond donors (Lipinski definition) is 3. The summed E-state index contributed by atoms with van der Waals surface area (Å²) in [5.74, 6) is 0.565. The second-order valence-corrected chi connectivity index (χ2v) is 7.99. The molecule has 174 valence electrons. The Hall–Kier alpha value is -4.99. The van der Waals surface area contributed by atoms with E-state index in [9.17, 15) is 20.0 Å². The van der Waals surface area contributed by atoms with Gasteiger partial charge in [-0.05, 0) is 48.9 Å². The summed E-state index contributed by atoms with van der Waals surface area (Å²) >= 11 is 0. The lowest BCUT2D eigenvalue weighted by Gasteiger charge is -2.28. The molecule has 0 aliphatic carbocycles. The van der Waals surface area contributed by atoms with Crippen LogP contribution in [0.5, 0.6) is 5.75 Å². The summed E-state index contributed by atoms with van der Waals surface area (Å²) in [6.45, 7) is 1.79. The Bertz CT molecular complexity index is 1440. The number of fused-ring (bicyclic) bond motifs is 1. The van der Waals surface area contributed by atoms with Gasteiger partial charge in [-0.15, -0.1) is 5.10 Å². The molecule has 0 saturated carbocycles. The molecule has 3 N–H and O–H groups in total. The number of non-ortho nitro benzene ring substituents is 1. The zero-order valence-electron chi connectivity index (χ0n) is 18.5. The van der Waals surface area contributed by atoms with Crippen molar-refractivity contribution >= 4 is 23.2 Å². The third kappa shape index (κ3) is 4.20. The highest BCUT2D eigenvalue weighted by Gasteiger charge is 2.34. The lowest BCUT2D eigenvalue weighted by Crippen LogP contribution is -2.31. The molecule has 1 atom stereocenters. The normalized spacial score (nSPS) is 14.7. The number of phenols is 1. The zero-order valence-corrected chi connectivity index (χ0v) is 18.5. The molecule has 3 aromatic carbocycles. The fourth-order valence-corrected chi connectivity index (χ4v) is 3.98. The van der Waals surface area contributed by atoms with Crippen LogP contribution >= 0.6 is 0 Å². The van der Waals surface area contributed by atoms with E-state index in [1.165, 1.54) is 12.1 Å². The molecule has 1 aliphatic heterocycles. The van der Waals surface area contributed by atoms with E-state index in [4.69, 9.17) is 0 Å². The highest BCUT2D eigenvalue weighted by atomic mass is 16.6. The van der Waals surface area contributed by atoms with Crippen LogP contribution in [0, 0.1) is 10.1 Å². The number of aromatic nitrogens is 3. The van der Waals surface area contributed by atoms with Gasteiger partial charge < -0.3 is 15.7 Å². The number of para-hydroxylation sites is 1. The molecule has 5 rings (SSSR count). The number of nitrogens with zero attached hydrogens (tertiary/aromatic N) is 4. The minimum Gasteiger partial charge on any atom is -0.508 e. The maximum absolute atomic E-state index is 13.4. The van der Waals surface area contributed by atoms with Gasteiger partial charge in [-0.3, -0.25) is 14.9 Å². The van der Waals surface area contributed by atoms with Crippen LogP contribution in [0.4, 0.5) is 17.3 Å². The number of allylic oxidation sites excluding steroid dienone is 1.